The molecule has 1 nitrogen and oxygen atoms in total. The van der Waals surface area contributed by atoms with Crippen LogP contribution in [0.3, 0.4) is 0 Å². The van der Waals surface area contributed by atoms with Crippen LogP contribution in [-0.4, -0.2) is 12.8 Å². The number of hydrogen-bond acceptors (Lipinski definition) is 1. The molecule has 1 unspecified atom stereocenters. The predicted molar refractivity (Wildman–Crippen MR) is 33.5 cm³/mol. The zero-order chi connectivity index (χ0) is 6.41. The molecule has 0 spiro atoms. The Labute approximate surface area is 50.3 Å². The fraction of sp³-hybridized carbons (Fsp3) is 1.00. The molecule has 0 saturated carbocycles. The third-order valence-electron chi connectivity index (χ3n) is 0.956. The highest BCUT2D eigenvalue weighted by molar-refractivity contribution is 4.44. The fourth-order valence-corrected chi connectivity index (χ4v) is 0.478. The summed E-state index contributed by atoms with van der Waals surface area (Å²) in [6, 6.07) is 0. The van der Waals surface area contributed by atoms with E-state index in [1.807, 2.05) is 0 Å². The van der Waals surface area contributed by atoms with Crippen molar-refractivity contribution in [2.24, 2.45) is 0 Å². The van der Waals surface area contributed by atoms with Crippen LogP contribution in [0, 0.1) is 0 Å². The van der Waals surface area contributed by atoms with Gasteiger partial charge in [-0.25, -0.2) is 4.39 Å². The lowest BCUT2D eigenvalue weighted by Gasteiger charge is -2.01. The van der Waals surface area contributed by atoms with E-state index < -0.39 is 6.30 Å². The van der Waals surface area contributed by atoms with Gasteiger partial charge in [0, 0.05) is 0 Å². The van der Waals surface area contributed by atoms with Gasteiger partial charge < -0.3 is 0 Å². The lowest BCUT2D eigenvalue weighted by Crippen LogP contribution is -2.22. The normalized spacial score (nSPS) is 13.9. The maximum absolute atomic E-state index is 11.9. The molecule has 0 aliphatic heterocycles. The first-order valence-electron chi connectivity index (χ1n) is 3.14. The Kier molecular flexibility index (Phi) is 4.97. The molecule has 0 aromatic rings. The Hall–Kier alpha value is -0.110. The first-order chi connectivity index (χ1) is 3.77. The van der Waals surface area contributed by atoms with E-state index in [-0.39, 0.29) is 0 Å². The SMILES string of the molecule is CCCCNC(C)F. The Bertz CT molecular complexity index is 45.8. The van der Waals surface area contributed by atoms with E-state index in [4.69, 9.17) is 0 Å². The second-order valence-corrected chi connectivity index (χ2v) is 1.92. The highest BCUT2D eigenvalue weighted by Crippen LogP contribution is 1.85. The molecule has 0 aliphatic rings. The number of rotatable bonds is 4. The quantitative estimate of drug-likeness (QED) is 0.438. The number of hydrogen-bond donors (Lipinski definition) is 1. The summed E-state index contributed by atoms with van der Waals surface area (Å²) in [5.41, 5.74) is 0. The molecule has 0 amide bonds. The lowest BCUT2D eigenvalue weighted by molar-refractivity contribution is 0.297. The maximum atomic E-state index is 11.9. The smallest absolute Gasteiger partial charge is 0.148 e. The van der Waals surface area contributed by atoms with Crippen molar-refractivity contribution in [3.63, 3.8) is 0 Å². The molecule has 0 aromatic heterocycles. The summed E-state index contributed by atoms with van der Waals surface area (Å²) in [4.78, 5) is 0. The number of alkyl halides is 1. The van der Waals surface area contributed by atoms with Gasteiger partial charge in [0.05, 0.1) is 0 Å². The van der Waals surface area contributed by atoms with Gasteiger partial charge >= 0.3 is 0 Å². The summed E-state index contributed by atoms with van der Waals surface area (Å²) in [7, 11) is 0. The molecular formula is C6H14FN. The molecule has 0 aromatic carbocycles. The first kappa shape index (κ1) is 7.89. The molecule has 1 atom stereocenters. The van der Waals surface area contributed by atoms with E-state index in [0.717, 1.165) is 19.4 Å². The minimum Gasteiger partial charge on any atom is -0.288 e. The molecule has 0 fully saturated rings. The van der Waals surface area contributed by atoms with Crippen LogP contribution in [0.4, 0.5) is 4.39 Å². The van der Waals surface area contributed by atoms with E-state index >= 15 is 0 Å². The Morgan fingerprint density at radius 1 is 1.62 bits per heavy atom. The van der Waals surface area contributed by atoms with Gasteiger partial charge in [-0.2, -0.15) is 0 Å². The van der Waals surface area contributed by atoms with Gasteiger partial charge in [-0.1, -0.05) is 13.3 Å². The van der Waals surface area contributed by atoms with Gasteiger partial charge in [0.25, 0.3) is 0 Å². The summed E-state index contributed by atoms with van der Waals surface area (Å²) in [6.45, 7) is 4.40. The fourth-order valence-electron chi connectivity index (χ4n) is 0.478. The number of unbranched alkanes of at least 4 members (excludes halogenated alkanes) is 1. The molecule has 1 N–H and O–H groups in total. The zero-order valence-corrected chi connectivity index (χ0v) is 5.58. The molecule has 2 heteroatoms. The third kappa shape index (κ3) is 5.89. The van der Waals surface area contributed by atoms with E-state index in [1.165, 1.54) is 6.92 Å². The van der Waals surface area contributed by atoms with E-state index in [0.29, 0.717) is 0 Å². The van der Waals surface area contributed by atoms with Gasteiger partial charge in [-0.3, -0.25) is 5.32 Å². The third-order valence-corrected chi connectivity index (χ3v) is 0.956. The summed E-state index contributed by atoms with van der Waals surface area (Å²) < 4.78 is 11.9. The van der Waals surface area contributed by atoms with Crippen LogP contribution in [0.1, 0.15) is 26.7 Å². The van der Waals surface area contributed by atoms with E-state index in [1.54, 1.807) is 0 Å². The van der Waals surface area contributed by atoms with Crippen molar-refractivity contribution in [3.05, 3.63) is 0 Å². The van der Waals surface area contributed by atoms with Gasteiger partial charge in [-0.15, -0.1) is 0 Å². The van der Waals surface area contributed by atoms with Crippen molar-refractivity contribution in [1.82, 2.24) is 5.32 Å². The Morgan fingerprint density at radius 3 is 2.62 bits per heavy atom. The van der Waals surface area contributed by atoms with Crippen LogP contribution >= 0.6 is 0 Å². The highest BCUT2D eigenvalue weighted by Gasteiger charge is 1.91. The van der Waals surface area contributed by atoms with Crippen LogP contribution in [-0.2, 0) is 0 Å². The molecule has 0 aliphatic carbocycles. The Balaban J connectivity index is 2.72. The largest absolute Gasteiger partial charge is 0.288 e. The van der Waals surface area contributed by atoms with Gasteiger partial charge in [0.15, 0.2) is 0 Å². The van der Waals surface area contributed by atoms with Crippen molar-refractivity contribution in [1.29, 1.82) is 0 Å². The van der Waals surface area contributed by atoms with Crippen molar-refractivity contribution < 1.29 is 4.39 Å². The van der Waals surface area contributed by atoms with Gasteiger partial charge in [0.2, 0.25) is 0 Å². The zero-order valence-electron chi connectivity index (χ0n) is 5.58. The van der Waals surface area contributed by atoms with E-state index in [9.17, 15) is 4.39 Å². The molecule has 0 bridgehead atoms. The number of nitrogens with one attached hydrogen (secondary N) is 1. The predicted octanol–water partition coefficient (Wildman–Crippen LogP) is 1.69. The molecule has 8 heavy (non-hydrogen) atoms. The molecule has 0 heterocycles. The lowest BCUT2D eigenvalue weighted by atomic mass is 10.3. The second-order valence-electron chi connectivity index (χ2n) is 1.92. The van der Waals surface area contributed by atoms with Crippen molar-refractivity contribution in [2.75, 3.05) is 6.54 Å². The van der Waals surface area contributed by atoms with Gasteiger partial charge in [0.1, 0.15) is 6.30 Å². The van der Waals surface area contributed by atoms with Crippen molar-refractivity contribution in [3.8, 4) is 0 Å². The molecule has 0 radical (unpaired) electrons. The summed E-state index contributed by atoms with van der Waals surface area (Å²) in [5, 5.41) is 2.68. The van der Waals surface area contributed by atoms with Crippen LogP contribution in [0.2, 0.25) is 0 Å². The van der Waals surface area contributed by atoms with Crippen molar-refractivity contribution >= 4 is 0 Å². The molecule has 0 saturated heterocycles. The topological polar surface area (TPSA) is 12.0 Å². The standard InChI is InChI=1S/C6H14FN/c1-3-4-5-8-6(2)7/h6,8H,3-5H2,1-2H3. The van der Waals surface area contributed by atoms with Crippen LogP contribution < -0.4 is 5.32 Å². The average Bonchev–Trinajstić information content (AvgIpc) is 1.66. The molecule has 50 valence electrons. The number of halogens is 1. The van der Waals surface area contributed by atoms with Crippen LogP contribution in [0.25, 0.3) is 0 Å². The minimum absolute atomic E-state index is 0.800. The summed E-state index contributed by atoms with van der Waals surface area (Å²) in [6.07, 6.45) is 1.34. The average molecular weight is 119 g/mol. The minimum atomic E-state index is -0.846. The summed E-state index contributed by atoms with van der Waals surface area (Å²) in [5.74, 6) is 0. The monoisotopic (exact) mass is 119 g/mol. The van der Waals surface area contributed by atoms with Crippen LogP contribution in [0.5, 0.6) is 0 Å². The van der Waals surface area contributed by atoms with E-state index in [2.05, 4.69) is 12.2 Å². The highest BCUT2D eigenvalue weighted by atomic mass is 19.1. The molecular weight excluding hydrogens is 105 g/mol. The van der Waals surface area contributed by atoms with Crippen LogP contribution in [0.15, 0.2) is 0 Å². The van der Waals surface area contributed by atoms with Crippen molar-refractivity contribution in [2.45, 2.75) is 33.0 Å². The maximum Gasteiger partial charge on any atom is 0.148 e. The first-order valence-corrected chi connectivity index (χ1v) is 3.14. The Morgan fingerprint density at radius 2 is 2.25 bits per heavy atom. The molecule has 0 rings (SSSR count). The second kappa shape index (κ2) is 5.04. The van der Waals surface area contributed by atoms with Gasteiger partial charge in [-0.05, 0) is 19.9 Å². The summed E-state index contributed by atoms with van der Waals surface area (Å²) >= 11 is 0.